The molecule has 0 aromatic heterocycles. The summed E-state index contributed by atoms with van der Waals surface area (Å²) < 4.78 is 28.7. The monoisotopic (exact) mass is 346 g/mol. The average molecular weight is 346 g/mol. The molecule has 0 spiro atoms. The Morgan fingerprint density at radius 3 is 2.56 bits per heavy atom. The molecule has 132 valence electrons. The van der Waals surface area contributed by atoms with Crippen LogP contribution in [0.4, 0.5) is 4.39 Å². The Morgan fingerprint density at radius 1 is 1.16 bits per heavy atom. The highest BCUT2D eigenvalue weighted by atomic mass is 19.1. The first-order chi connectivity index (χ1) is 12.1. The predicted octanol–water partition coefficient (Wildman–Crippen LogP) is 2.76. The van der Waals surface area contributed by atoms with Crippen molar-refractivity contribution in [3.05, 3.63) is 53.8 Å². The highest BCUT2D eigenvalue weighted by Crippen LogP contribution is 2.22. The SMILES string of the molecule is CCOc1ccc(OC)cc1/C=N\NC(=O)COc1ccc(F)cc1. The van der Waals surface area contributed by atoms with Crippen molar-refractivity contribution in [2.75, 3.05) is 20.3 Å². The topological polar surface area (TPSA) is 69.2 Å². The summed E-state index contributed by atoms with van der Waals surface area (Å²) in [4.78, 5) is 11.7. The maximum absolute atomic E-state index is 12.8. The third kappa shape index (κ3) is 5.80. The van der Waals surface area contributed by atoms with Gasteiger partial charge in [0.25, 0.3) is 5.91 Å². The normalized spacial score (nSPS) is 10.5. The van der Waals surface area contributed by atoms with Crippen molar-refractivity contribution in [2.45, 2.75) is 6.92 Å². The van der Waals surface area contributed by atoms with Crippen molar-refractivity contribution in [3.8, 4) is 17.2 Å². The third-order valence-electron chi connectivity index (χ3n) is 3.09. The van der Waals surface area contributed by atoms with E-state index in [9.17, 15) is 9.18 Å². The summed E-state index contributed by atoms with van der Waals surface area (Å²) >= 11 is 0. The first-order valence-corrected chi connectivity index (χ1v) is 7.63. The van der Waals surface area contributed by atoms with Gasteiger partial charge in [-0.1, -0.05) is 0 Å². The van der Waals surface area contributed by atoms with Crippen LogP contribution >= 0.6 is 0 Å². The summed E-state index contributed by atoms with van der Waals surface area (Å²) in [6.07, 6.45) is 1.46. The van der Waals surface area contributed by atoms with Crippen LogP contribution in [0.25, 0.3) is 0 Å². The zero-order valence-corrected chi connectivity index (χ0v) is 14.0. The van der Waals surface area contributed by atoms with E-state index >= 15 is 0 Å². The molecule has 0 aliphatic rings. The molecule has 0 aliphatic heterocycles. The van der Waals surface area contributed by atoms with E-state index in [4.69, 9.17) is 14.2 Å². The Bertz CT molecular complexity index is 732. The van der Waals surface area contributed by atoms with Crippen LogP contribution in [0.15, 0.2) is 47.6 Å². The number of carbonyl (C=O) groups excluding carboxylic acids is 1. The smallest absolute Gasteiger partial charge is 0.277 e. The molecule has 2 aromatic rings. The summed E-state index contributed by atoms with van der Waals surface area (Å²) in [7, 11) is 1.56. The van der Waals surface area contributed by atoms with E-state index in [0.29, 0.717) is 29.4 Å². The number of nitrogens with zero attached hydrogens (tertiary/aromatic N) is 1. The van der Waals surface area contributed by atoms with Gasteiger partial charge in [0, 0.05) is 5.56 Å². The fraction of sp³-hybridized carbons (Fsp3) is 0.222. The van der Waals surface area contributed by atoms with E-state index in [2.05, 4.69) is 10.5 Å². The second-order valence-corrected chi connectivity index (χ2v) is 4.87. The van der Waals surface area contributed by atoms with Crippen LogP contribution < -0.4 is 19.6 Å². The van der Waals surface area contributed by atoms with Gasteiger partial charge in [0.05, 0.1) is 19.9 Å². The number of benzene rings is 2. The number of hydrazone groups is 1. The van der Waals surface area contributed by atoms with Crippen molar-refractivity contribution >= 4 is 12.1 Å². The molecule has 2 aromatic carbocycles. The van der Waals surface area contributed by atoms with E-state index in [1.54, 1.807) is 25.3 Å². The van der Waals surface area contributed by atoms with Crippen molar-refractivity contribution < 1.29 is 23.4 Å². The number of ether oxygens (including phenoxy) is 3. The number of halogens is 1. The van der Waals surface area contributed by atoms with Crippen molar-refractivity contribution in [1.82, 2.24) is 5.43 Å². The first-order valence-electron chi connectivity index (χ1n) is 7.63. The largest absolute Gasteiger partial charge is 0.497 e. The summed E-state index contributed by atoms with van der Waals surface area (Å²) in [5.74, 6) is 0.859. The highest BCUT2D eigenvalue weighted by molar-refractivity contribution is 5.86. The molecule has 0 saturated carbocycles. The molecular weight excluding hydrogens is 327 g/mol. The van der Waals surface area contributed by atoms with Gasteiger partial charge >= 0.3 is 0 Å². The second kappa shape index (κ2) is 9.27. The molecule has 0 heterocycles. The fourth-order valence-electron chi connectivity index (χ4n) is 1.93. The quantitative estimate of drug-likeness (QED) is 0.589. The van der Waals surface area contributed by atoms with Crippen molar-refractivity contribution in [1.29, 1.82) is 0 Å². The minimum absolute atomic E-state index is 0.237. The molecule has 6 nitrogen and oxygen atoms in total. The minimum atomic E-state index is -0.443. The first kappa shape index (κ1) is 18.3. The molecule has 0 bridgehead atoms. The molecule has 0 saturated heterocycles. The Labute approximate surface area is 145 Å². The Kier molecular flexibility index (Phi) is 6.76. The minimum Gasteiger partial charge on any atom is -0.497 e. The fourth-order valence-corrected chi connectivity index (χ4v) is 1.93. The zero-order valence-electron chi connectivity index (χ0n) is 14.0. The zero-order chi connectivity index (χ0) is 18.1. The molecule has 0 radical (unpaired) electrons. The van der Waals surface area contributed by atoms with Gasteiger partial charge < -0.3 is 14.2 Å². The molecule has 1 amide bonds. The van der Waals surface area contributed by atoms with Gasteiger partial charge in [-0.3, -0.25) is 4.79 Å². The van der Waals surface area contributed by atoms with Crippen molar-refractivity contribution in [3.63, 3.8) is 0 Å². The molecule has 1 N–H and O–H groups in total. The molecule has 2 rings (SSSR count). The average Bonchev–Trinajstić information content (AvgIpc) is 2.62. The number of rotatable bonds is 8. The van der Waals surface area contributed by atoms with Gasteiger partial charge in [-0.2, -0.15) is 5.10 Å². The molecule has 7 heteroatoms. The molecule has 0 unspecified atom stereocenters. The van der Waals surface area contributed by atoms with Crippen LogP contribution in [-0.4, -0.2) is 32.4 Å². The number of methoxy groups -OCH3 is 1. The van der Waals surface area contributed by atoms with Crippen LogP contribution in [-0.2, 0) is 4.79 Å². The van der Waals surface area contributed by atoms with Crippen LogP contribution in [0.5, 0.6) is 17.2 Å². The van der Waals surface area contributed by atoms with Gasteiger partial charge in [0.1, 0.15) is 23.1 Å². The van der Waals surface area contributed by atoms with Crippen LogP contribution in [0.3, 0.4) is 0 Å². The van der Waals surface area contributed by atoms with Gasteiger partial charge in [0.2, 0.25) is 0 Å². The summed E-state index contributed by atoms with van der Waals surface area (Å²) in [6, 6.07) is 10.7. The third-order valence-corrected chi connectivity index (χ3v) is 3.09. The van der Waals surface area contributed by atoms with E-state index in [-0.39, 0.29) is 12.4 Å². The number of amides is 1. The van der Waals surface area contributed by atoms with Gasteiger partial charge in [0.15, 0.2) is 6.61 Å². The molecule has 0 aliphatic carbocycles. The van der Waals surface area contributed by atoms with Crippen LogP contribution in [0, 0.1) is 5.82 Å². The lowest BCUT2D eigenvalue weighted by atomic mass is 10.2. The van der Waals surface area contributed by atoms with Crippen LogP contribution in [0.2, 0.25) is 0 Å². The van der Waals surface area contributed by atoms with Crippen molar-refractivity contribution in [2.24, 2.45) is 5.10 Å². The standard InChI is InChI=1S/C18H19FN2O4/c1-3-24-17-9-8-16(23-2)10-13(17)11-20-21-18(22)12-25-15-6-4-14(19)5-7-15/h4-11H,3,12H2,1-2H3,(H,21,22)/b20-11-. The lowest BCUT2D eigenvalue weighted by Gasteiger charge is -2.08. The predicted molar refractivity (Wildman–Crippen MR) is 91.8 cm³/mol. The maximum atomic E-state index is 12.8. The summed E-state index contributed by atoms with van der Waals surface area (Å²) in [6.45, 7) is 2.14. The number of hydrogen-bond acceptors (Lipinski definition) is 5. The van der Waals surface area contributed by atoms with E-state index in [0.717, 1.165) is 0 Å². The van der Waals surface area contributed by atoms with Crippen LogP contribution in [0.1, 0.15) is 12.5 Å². The summed E-state index contributed by atoms with van der Waals surface area (Å²) in [5.41, 5.74) is 3.02. The highest BCUT2D eigenvalue weighted by Gasteiger charge is 2.05. The van der Waals surface area contributed by atoms with Gasteiger partial charge in [-0.25, -0.2) is 9.82 Å². The lowest BCUT2D eigenvalue weighted by molar-refractivity contribution is -0.123. The lowest BCUT2D eigenvalue weighted by Crippen LogP contribution is -2.24. The number of carbonyl (C=O) groups is 1. The van der Waals surface area contributed by atoms with E-state index in [1.807, 2.05) is 6.92 Å². The van der Waals surface area contributed by atoms with Gasteiger partial charge in [-0.15, -0.1) is 0 Å². The number of nitrogens with one attached hydrogen (secondary N) is 1. The van der Waals surface area contributed by atoms with Gasteiger partial charge in [-0.05, 0) is 49.4 Å². The summed E-state index contributed by atoms with van der Waals surface area (Å²) in [5, 5.41) is 3.89. The molecule has 0 fully saturated rings. The second-order valence-electron chi connectivity index (χ2n) is 4.87. The Morgan fingerprint density at radius 2 is 1.88 bits per heavy atom. The maximum Gasteiger partial charge on any atom is 0.277 e. The van der Waals surface area contributed by atoms with E-state index in [1.165, 1.54) is 30.5 Å². The Hall–Kier alpha value is -3.09. The Balaban J connectivity index is 1.91. The molecular formula is C18H19FN2O4. The molecule has 0 atom stereocenters. The number of hydrogen-bond donors (Lipinski definition) is 1. The molecule has 25 heavy (non-hydrogen) atoms. The van der Waals surface area contributed by atoms with E-state index < -0.39 is 5.91 Å².